The summed E-state index contributed by atoms with van der Waals surface area (Å²) in [5, 5.41) is 9.12. The van der Waals surface area contributed by atoms with E-state index in [0.29, 0.717) is 20.8 Å². The van der Waals surface area contributed by atoms with Gasteiger partial charge >= 0.3 is 17.1 Å². The summed E-state index contributed by atoms with van der Waals surface area (Å²) >= 11 is 4.11. The summed E-state index contributed by atoms with van der Waals surface area (Å²) in [6, 6.07) is 17.2. The first-order valence-electron chi connectivity index (χ1n) is 12.1. The topological polar surface area (TPSA) is 117 Å². The van der Waals surface area contributed by atoms with Gasteiger partial charge in [-0.25, -0.2) is 4.79 Å². The second-order valence-corrected chi connectivity index (χ2v) is 13.1. The second-order valence-electron chi connectivity index (χ2n) is 8.68. The molecule has 15 heteroatoms. The molecule has 9 nitrogen and oxygen atoms in total. The zero-order valence-corrected chi connectivity index (χ0v) is 24.6. The standard InChI is InChI=1S/C26H23F2N5O4S4/c1-38-26(27,28)25(36)30-19-22(34)33-20(17(13-39-23(19)33)40-14-41-18-12-29-32-31-18)24(35)37-21(15-8-4-2-5-9-15)16-10-6-3-7-11-16/h2-12,19,21,23H,13-14H2,1H3,(H,30,36)(H,29,31,32)/t19-,23+/m1/s1. The molecule has 2 aliphatic heterocycles. The number of aromatic amines is 1. The molecule has 2 aromatic carbocycles. The lowest BCUT2D eigenvalue weighted by atomic mass is 10.0. The number of carbonyl (C=O) groups excluding carboxylic acids is 3. The lowest BCUT2D eigenvalue weighted by molar-refractivity contribution is -0.155. The van der Waals surface area contributed by atoms with Gasteiger partial charge in [0.15, 0.2) is 6.10 Å². The van der Waals surface area contributed by atoms with Crippen LogP contribution in [0.15, 0.2) is 82.5 Å². The van der Waals surface area contributed by atoms with Crippen LogP contribution in [0.25, 0.3) is 0 Å². The van der Waals surface area contributed by atoms with E-state index in [9.17, 15) is 23.2 Å². The van der Waals surface area contributed by atoms with E-state index in [0.717, 1.165) is 17.4 Å². The van der Waals surface area contributed by atoms with E-state index < -0.39 is 40.6 Å². The number of nitrogens with one attached hydrogen (secondary N) is 2. The van der Waals surface area contributed by atoms with Crippen LogP contribution in [0, 0.1) is 0 Å². The van der Waals surface area contributed by atoms with Crippen LogP contribution < -0.4 is 5.32 Å². The molecule has 1 saturated heterocycles. The van der Waals surface area contributed by atoms with Crippen molar-refractivity contribution in [1.82, 2.24) is 25.6 Å². The molecule has 0 bridgehead atoms. The van der Waals surface area contributed by atoms with Crippen molar-refractivity contribution in [2.75, 3.05) is 17.1 Å². The molecule has 41 heavy (non-hydrogen) atoms. The van der Waals surface area contributed by atoms with Crippen molar-refractivity contribution in [3.63, 3.8) is 0 Å². The van der Waals surface area contributed by atoms with Crippen molar-refractivity contribution in [1.29, 1.82) is 0 Å². The molecular formula is C26H23F2N5O4S4. The van der Waals surface area contributed by atoms with Crippen LogP contribution in [-0.4, -0.2) is 71.9 Å². The lowest BCUT2D eigenvalue weighted by Crippen LogP contribution is -2.71. The molecule has 3 heterocycles. The molecule has 2 aliphatic rings. The summed E-state index contributed by atoms with van der Waals surface area (Å²) in [6.45, 7) is 0. The molecule has 0 aliphatic carbocycles. The molecule has 214 valence electrons. The highest BCUT2D eigenvalue weighted by molar-refractivity contribution is 8.18. The van der Waals surface area contributed by atoms with Crippen molar-refractivity contribution in [2.45, 2.75) is 27.8 Å². The summed E-state index contributed by atoms with van der Waals surface area (Å²) in [7, 11) is 0. The average Bonchev–Trinajstić information content (AvgIpc) is 3.52. The number of thioether (sulfide) groups is 4. The van der Waals surface area contributed by atoms with Crippen LogP contribution in [0.1, 0.15) is 17.2 Å². The summed E-state index contributed by atoms with van der Waals surface area (Å²) in [5.41, 5.74) is 1.53. The van der Waals surface area contributed by atoms with Crippen molar-refractivity contribution < 1.29 is 27.9 Å². The van der Waals surface area contributed by atoms with E-state index >= 15 is 0 Å². The fourth-order valence-electron chi connectivity index (χ4n) is 4.18. The van der Waals surface area contributed by atoms with E-state index in [2.05, 4.69) is 20.7 Å². The molecule has 0 saturated carbocycles. The van der Waals surface area contributed by atoms with E-state index in [1.54, 1.807) is 6.20 Å². The van der Waals surface area contributed by atoms with Crippen molar-refractivity contribution in [3.05, 3.63) is 88.6 Å². The number of ether oxygens (including phenoxy) is 1. The van der Waals surface area contributed by atoms with Gasteiger partial charge in [-0.05, 0) is 17.4 Å². The Morgan fingerprint density at radius 3 is 2.39 bits per heavy atom. The maximum atomic E-state index is 13.9. The van der Waals surface area contributed by atoms with Crippen LogP contribution in [-0.2, 0) is 19.1 Å². The van der Waals surface area contributed by atoms with Gasteiger partial charge in [-0.1, -0.05) is 89.4 Å². The number of benzene rings is 2. The van der Waals surface area contributed by atoms with Gasteiger partial charge in [0.05, 0.1) is 11.3 Å². The Balaban J connectivity index is 1.42. The number of amides is 2. The molecule has 0 spiro atoms. The Hall–Kier alpha value is -3.01. The number of H-pyrrole nitrogens is 1. The Morgan fingerprint density at radius 2 is 1.80 bits per heavy atom. The SMILES string of the molecule is CSC(F)(F)C(=O)N[C@@H]1C(=O)N2C(C(=O)OC(c3ccccc3)c3ccccc3)=C(SCSc3c[nH]nn3)CS[C@@H]12. The lowest BCUT2D eigenvalue weighted by Gasteiger charge is -2.49. The number of carbonyl (C=O) groups is 3. The predicted octanol–water partition coefficient (Wildman–Crippen LogP) is 4.49. The van der Waals surface area contributed by atoms with Crippen molar-refractivity contribution in [2.24, 2.45) is 0 Å². The normalized spacial score (nSPS) is 18.6. The van der Waals surface area contributed by atoms with Gasteiger partial charge in [0.1, 0.15) is 22.1 Å². The maximum Gasteiger partial charge on any atom is 0.370 e. The van der Waals surface area contributed by atoms with Crippen LogP contribution in [0.4, 0.5) is 8.78 Å². The number of halogens is 2. The monoisotopic (exact) mass is 635 g/mol. The number of rotatable bonds is 11. The molecule has 2 atom stereocenters. The van der Waals surface area contributed by atoms with Crippen LogP contribution in [0.3, 0.4) is 0 Å². The highest BCUT2D eigenvalue weighted by Crippen LogP contribution is 2.45. The predicted molar refractivity (Wildman–Crippen MR) is 156 cm³/mol. The van der Waals surface area contributed by atoms with Crippen LogP contribution in [0.5, 0.6) is 0 Å². The molecule has 5 rings (SSSR count). The van der Waals surface area contributed by atoms with Gasteiger partial charge in [-0.2, -0.15) is 8.78 Å². The Kier molecular flexibility index (Phi) is 9.26. The number of hydrogen-bond acceptors (Lipinski definition) is 10. The van der Waals surface area contributed by atoms with Crippen LogP contribution in [0.2, 0.25) is 0 Å². The molecular weight excluding hydrogens is 613 g/mol. The minimum atomic E-state index is -3.68. The van der Waals surface area contributed by atoms with Crippen LogP contribution >= 0.6 is 47.0 Å². The zero-order chi connectivity index (χ0) is 29.0. The number of esters is 1. The average molecular weight is 636 g/mol. The van der Waals surface area contributed by atoms with E-state index in [1.165, 1.54) is 40.2 Å². The Bertz CT molecular complexity index is 1390. The first kappa shape index (κ1) is 29.5. The third kappa shape index (κ3) is 6.42. The summed E-state index contributed by atoms with van der Waals surface area (Å²) < 4.78 is 33.9. The third-order valence-electron chi connectivity index (χ3n) is 6.20. The molecule has 0 radical (unpaired) electrons. The number of nitrogens with zero attached hydrogens (tertiary/aromatic N) is 3. The number of hydrogen-bond donors (Lipinski definition) is 2. The molecule has 3 aromatic rings. The fraction of sp³-hybridized carbons (Fsp3) is 0.269. The summed E-state index contributed by atoms with van der Waals surface area (Å²) in [4.78, 5) is 41.1. The number of aromatic nitrogens is 3. The molecule has 1 fully saturated rings. The Morgan fingerprint density at radius 1 is 1.15 bits per heavy atom. The molecule has 2 amide bonds. The van der Waals surface area contributed by atoms with Gasteiger partial charge < -0.3 is 10.1 Å². The quantitative estimate of drug-likeness (QED) is 0.135. The highest BCUT2D eigenvalue weighted by Gasteiger charge is 2.56. The maximum absolute atomic E-state index is 13.9. The molecule has 0 unspecified atom stereocenters. The minimum Gasteiger partial charge on any atom is -0.448 e. The van der Waals surface area contributed by atoms with E-state index in [1.807, 2.05) is 60.7 Å². The Labute approximate surface area is 251 Å². The highest BCUT2D eigenvalue weighted by atomic mass is 32.2. The first-order chi connectivity index (χ1) is 19.8. The van der Waals surface area contributed by atoms with E-state index in [-0.39, 0.29) is 17.5 Å². The smallest absolute Gasteiger partial charge is 0.370 e. The number of fused-ring (bicyclic) bond motifs is 1. The van der Waals surface area contributed by atoms with Gasteiger partial charge in [-0.15, -0.1) is 28.6 Å². The first-order valence-corrected chi connectivity index (χ1v) is 16.4. The van der Waals surface area contributed by atoms with Gasteiger partial charge in [0, 0.05) is 10.7 Å². The zero-order valence-electron chi connectivity index (χ0n) is 21.4. The van der Waals surface area contributed by atoms with E-state index in [4.69, 9.17) is 4.74 Å². The van der Waals surface area contributed by atoms with Crippen molar-refractivity contribution >= 4 is 64.8 Å². The largest absolute Gasteiger partial charge is 0.448 e. The van der Waals surface area contributed by atoms with Gasteiger partial charge in [-0.3, -0.25) is 19.6 Å². The summed E-state index contributed by atoms with van der Waals surface area (Å²) in [5.74, 6) is -2.61. The number of alkyl halides is 2. The summed E-state index contributed by atoms with van der Waals surface area (Å²) in [6.07, 6.45) is 1.99. The second kappa shape index (κ2) is 12.9. The van der Waals surface area contributed by atoms with Gasteiger partial charge in [0.25, 0.3) is 5.91 Å². The molecule has 1 aromatic heterocycles. The minimum absolute atomic E-state index is 0.0449. The van der Waals surface area contributed by atoms with Gasteiger partial charge in [0.2, 0.25) is 0 Å². The third-order valence-corrected chi connectivity index (χ3v) is 10.5. The van der Waals surface area contributed by atoms with Crippen molar-refractivity contribution in [3.8, 4) is 0 Å². The fourth-order valence-corrected chi connectivity index (χ4v) is 8.00. The molecule has 2 N–H and O–H groups in total. The number of β-lactam (4-membered cyclic amide) rings is 1.